The van der Waals surface area contributed by atoms with Crippen molar-refractivity contribution in [3.8, 4) is 0 Å². The lowest BCUT2D eigenvalue weighted by molar-refractivity contribution is 0.400. The molecule has 0 bridgehead atoms. The fraction of sp³-hybridized carbons (Fsp3) is 0.200. The first-order valence-electron chi connectivity index (χ1n) is 4.30. The van der Waals surface area contributed by atoms with Crippen molar-refractivity contribution >= 4 is 11.4 Å². The Morgan fingerprint density at radius 2 is 2.29 bits per heavy atom. The summed E-state index contributed by atoms with van der Waals surface area (Å²) in [6.45, 7) is 1.90. The minimum absolute atomic E-state index is 0.0989. The summed E-state index contributed by atoms with van der Waals surface area (Å²) in [5, 5.41) is 7.58. The number of pyridine rings is 1. The first kappa shape index (κ1) is 8.74. The van der Waals surface area contributed by atoms with Crippen LogP contribution in [-0.4, -0.2) is 22.4 Å². The molecule has 0 radical (unpaired) electrons. The van der Waals surface area contributed by atoms with Gasteiger partial charge in [-0.05, 0) is 19.1 Å². The van der Waals surface area contributed by atoms with Gasteiger partial charge in [-0.1, -0.05) is 6.07 Å². The third-order valence-corrected chi connectivity index (χ3v) is 2.14. The molecule has 4 nitrogen and oxygen atoms in total. The number of rotatable bonds is 1. The number of nitrogens with one attached hydrogen (secondary N) is 1. The van der Waals surface area contributed by atoms with E-state index in [0.717, 1.165) is 11.3 Å². The quantitative estimate of drug-likeness (QED) is 0.547. The molecule has 2 aromatic heterocycles. The number of aromatic nitrogens is 2. The summed E-state index contributed by atoms with van der Waals surface area (Å²) in [5.74, 6) is 0.958. The Kier molecular flexibility index (Phi) is 1.96. The maximum Gasteiger partial charge on any atom is 0.234 e. The van der Waals surface area contributed by atoms with Crippen molar-refractivity contribution in [2.24, 2.45) is 0 Å². The molecule has 1 N–H and O–H groups in total. The van der Waals surface area contributed by atoms with Gasteiger partial charge in [0.15, 0.2) is 5.69 Å². The third-order valence-electron chi connectivity index (χ3n) is 2.14. The average molecular weight is 189 g/mol. The Hall–Kier alpha value is -1.84. The van der Waals surface area contributed by atoms with Gasteiger partial charge < -0.3 is 9.14 Å². The Balaban J connectivity index is 2.72. The van der Waals surface area contributed by atoms with E-state index >= 15 is 0 Å². The minimum atomic E-state index is 0.0989. The lowest BCUT2D eigenvalue weighted by Gasteiger charge is -1.98. The molecule has 2 heterocycles. The van der Waals surface area contributed by atoms with Crippen molar-refractivity contribution in [3.05, 3.63) is 35.9 Å². The molecular weight excluding hydrogens is 178 g/mol. The van der Waals surface area contributed by atoms with E-state index in [4.69, 9.17) is 10.1 Å². The highest BCUT2D eigenvalue weighted by atomic mass is 16.5. The van der Waals surface area contributed by atoms with Gasteiger partial charge in [0.1, 0.15) is 5.82 Å². The van der Waals surface area contributed by atoms with Crippen molar-refractivity contribution in [2.45, 2.75) is 6.92 Å². The van der Waals surface area contributed by atoms with E-state index < -0.39 is 0 Å². The standard InChI is InChI=1S/C10H11N3O/c1-7-12-9(10(11)14-2)8-5-3-4-6-13(7)8/h3-6,11H,1-2H3. The van der Waals surface area contributed by atoms with Crippen LogP contribution in [-0.2, 0) is 4.74 Å². The molecule has 0 saturated heterocycles. The largest absolute Gasteiger partial charge is 0.480 e. The number of nitrogens with zero attached hydrogens (tertiary/aromatic N) is 2. The van der Waals surface area contributed by atoms with E-state index in [0.29, 0.717) is 5.69 Å². The highest BCUT2D eigenvalue weighted by molar-refractivity contribution is 5.96. The van der Waals surface area contributed by atoms with E-state index in [1.165, 1.54) is 7.11 Å². The second-order valence-corrected chi connectivity index (χ2v) is 3.00. The molecule has 4 heteroatoms. The molecule has 0 amide bonds. The van der Waals surface area contributed by atoms with Crippen LogP contribution in [0.4, 0.5) is 0 Å². The van der Waals surface area contributed by atoms with Crippen LogP contribution in [0.5, 0.6) is 0 Å². The zero-order valence-corrected chi connectivity index (χ0v) is 8.11. The van der Waals surface area contributed by atoms with Crippen molar-refractivity contribution in [3.63, 3.8) is 0 Å². The van der Waals surface area contributed by atoms with Crippen LogP contribution in [0.25, 0.3) is 5.52 Å². The molecule has 0 aliphatic rings. The van der Waals surface area contributed by atoms with Gasteiger partial charge in [-0.25, -0.2) is 4.98 Å². The fourth-order valence-electron chi connectivity index (χ4n) is 1.45. The summed E-state index contributed by atoms with van der Waals surface area (Å²) < 4.78 is 6.80. The first-order valence-corrected chi connectivity index (χ1v) is 4.30. The summed E-state index contributed by atoms with van der Waals surface area (Å²) >= 11 is 0. The van der Waals surface area contributed by atoms with Gasteiger partial charge in [0, 0.05) is 6.20 Å². The lowest BCUT2D eigenvalue weighted by Crippen LogP contribution is -2.02. The van der Waals surface area contributed by atoms with E-state index in [9.17, 15) is 0 Å². The second kappa shape index (κ2) is 3.14. The molecule has 0 aromatic carbocycles. The minimum Gasteiger partial charge on any atom is -0.480 e. The van der Waals surface area contributed by atoms with Crippen molar-refractivity contribution < 1.29 is 4.74 Å². The van der Waals surface area contributed by atoms with E-state index in [2.05, 4.69) is 4.98 Å². The van der Waals surface area contributed by atoms with E-state index in [-0.39, 0.29) is 5.90 Å². The van der Waals surface area contributed by atoms with Gasteiger partial charge in [-0.2, -0.15) is 0 Å². The Morgan fingerprint density at radius 1 is 1.50 bits per heavy atom. The van der Waals surface area contributed by atoms with Gasteiger partial charge in [0.2, 0.25) is 5.90 Å². The molecular formula is C10H11N3O. The van der Waals surface area contributed by atoms with Gasteiger partial charge in [-0.15, -0.1) is 0 Å². The fourth-order valence-corrected chi connectivity index (χ4v) is 1.45. The zero-order chi connectivity index (χ0) is 10.1. The highest BCUT2D eigenvalue weighted by Crippen LogP contribution is 2.12. The molecule has 0 fully saturated rings. The monoisotopic (exact) mass is 189 g/mol. The van der Waals surface area contributed by atoms with Crippen molar-refractivity contribution in [1.29, 1.82) is 5.41 Å². The molecule has 0 spiro atoms. The van der Waals surface area contributed by atoms with Crippen molar-refractivity contribution in [2.75, 3.05) is 7.11 Å². The first-order chi connectivity index (χ1) is 6.74. The van der Waals surface area contributed by atoms with Crippen LogP contribution in [0.15, 0.2) is 24.4 Å². The molecule has 72 valence electrons. The number of hydrogen-bond acceptors (Lipinski definition) is 3. The summed E-state index contributed by atoms with van der Waals surface area (Å²) in [4.78, 5) is 4.27. The van der Waals surface area contributed by atoms with E-state index in [1.54, 1.807) is 0 Å². The third kappa shape index (κ3) is 1.16. The molecule has 0 aliphatic heterocycles. The maximum atomic E-state index is 7.58. The van der Waals surface area contributed by atoms with Crippen LogP contribution >= 0.6 is 0 Å². The average Bonchev–Trinajstić information content (AvgIpc) is 2.56. The van der Waals surface area contributed by atoms with Gasteiger partial charge in [-0.3, -0.25) is 5.41 Å². The number of hydrogen-bond donors (Lipinski definition) is 1. The predicted molar refractivity (Wildman–Crippen MR) is 53.8 cm³/mol. The summed E-state index contributed by atoms with van der Waals surface area (Å²) in [7, 11) is 1.48. The summed E-state index contributed by atoms with van der Waals surface area (Å²) in [6.07, 6.45) is 1.92. The predicted octanol–water partition coefficient (Wildman–Crippen LogP) is 1.61. The molecule has 2 rings (SSSR count). The number of ether oxygens (including phenoxy) is 1. The molecule has 0 unspecified atom stereocenters. The number of methoxy groups -OCH3 is 1. The van der Waals surface area contributed by atoms with Gasteiger partial charge in [0.25, 0.3) is 0 Å². The Bertz CT molecular complexity index is 487. The second-order valence-electron chi connectivity index (χ2n) is 3.00. The SMILES string of the molecule is COC(=N)c1nc(C)n2ccccc12. The Labute approximate surface area is 81.7 Å². The van der Waals surface area contributed by atoms with Crippen LogP contribution in [0.3, 0.4) is 0 Å². The number of imidazole rings is 1. The van der Waals surface area contributed by atoms with Crippen LogP contribution in [0.2, 0.25) is 0 Å². The molecule has 0 aliphatic carbocycles. The highest BCUT2D eigenvalue weighted by Gasteiger charge is 2.11. The van der Waals surface area contributed by atoms with Gasteiger partial charge >= 0.3 is 0 Å². The Morgan fingerprint density at radius 3 is 3.00 bits per heavy atom. The lowest BCUT2D eigenvalue weighted by atomic mass is 10.3. The maximum absolute atomic E-state index is 7.58. The zero-order valence-electron chi connectivity index (χ0n) is 8.11. The molecule has 14 heavy (non-hydrogen) atoms. The van der Waals surface area contributed by atoms with Crippen molar-refractivity contribution in [1.82, 2.24) is 9.38 Å². The molecule has 2 aromatic rings. The molecule has 0 atom stereocenters. The smallest absolute Gasteiger partial charge is 0.234 e. The topological polar surface area (TPSA) is 50.4 Å². The van der Waals surface area contributed by atoms with Crippen LogP contribution < -0.4 is 0 Å². The summed E-state index contributed by atoms with van der Waals surface area (Å²) in [6, 6.07) is 5.77. The van der Waals surface area contributed by atoms with Gasteiger partial charge in [0.05, 0.1) is 12.6 Å². The normalized spacial score (nSPS) is 10.4. The van der Waals surface area contributed by atoms with E-state index in [1.807, 2.05) is 35.7 Å². The summed E-state index contributed by atoms with van der Waals surface area (Å²) in [5.41, 5.74) is 1.49. The molecule has 0 saturated carbocycles. The number of aryl methyl sites for hydroxylation is 1. The van der Waals surface area contributed by atoms with Crippen LogP contribution in [0.1, 0.15) is 11.5 Å². The van der Waals surface area contributed by atoms with Crippen LogP contribution in [0, 0.1) is 12.3 Å². The number of fused-ring (bicyclic) bond motifs is 1.